The summed E-state index contributed by atoms with van der Waals surface area (Å²) < 4.78 is 117. The lowest BCUT2D eigenvalue weighted by Crippen LogP contribution is -2.60. The van der Waals surface area contributed by atoms with Gasteiger partial charge in [0.1, 0.15) is 0 Å². The molecule has 1 rings (SSSR count). The average molecular weight is 458 g/mol. The van der Waals surface area contributed by atoms with Crippen molar-refractivity contribution in [1.82, 2.24) is 0 Å². The number of hydrogen-bond acceptors (Lipinski definition) is 5. The van der Waals surface area contributed by atoms with Crippen LogP contribution in [0.3, 0.4) is 0 Å². The van der Waals surface area contributed by atoms with Gasteiger partial charge in [-0.1, -0.05) is 32.3 Å². The topological polar surface area (TPSA) is 102 Å². The zero-order chi connectivity index (χ0) is 22.5. The maximum Gasteiger partial charge on any atom is 0.414 e. The van der Waals surface area contributed by atoms with Gasteiger partial charge in [0.05, 0.1) is 18.8 Å². The molecule has 0 aromatic carbocycles. The Morgan fingerprint density at radius 1 is 0.897 bits per heavy atom. The van der Waals surface area contributed by atoms with Gasteiger partial charge in [-0.25, -0.2) is 13.9 Å². The first-order valence-electron chi connectivity index (χ1n) is 8.33. The monoisotopic (exact) mass is 458 g/mol. The van der Waals surface area contributed by atoms with Crippen LogP contribution in [0.1, 0.15) is 38.5 Å². The number of carbonyl (C=O) groups is 1. The zero-order valence-electron chi connectivity index (χ0n) is 15.0. The largest absolute Gasteiger partial charge is 0.462 e. The van der Waals surface area contributed by atoms with Crippen LogP contribution in [0, 0.1) is 5.41 Å². The van der Waals surface area contributed by atoms with Gasteiger partial charge in [-0.15, -0.1) is 0 Å². The predicted molar refractivity (Wildman–Crippen MR) is 87.8 cm³/mol. The number of esters is 1. The van der Waals surface area contributed by atoms with Gasteiger partial charge in [-0.2, -0.15) is 31.2 Å². The number of cyclic esters (lactones) is 1. The molecule has 1 saturated heterocycles. The standard InChI is InChI=1S/C15H20F6O7S/c1-10-11(22)26-8-6-4-2-3-5-7-9-27-28-12(29(23,24)25)13(10,14(16,17)18)15(19,20)21/h1-9H2,(H2,23,24,25). The first kappa shape index (κ1) is 25.7. The van der Waals surface area contributed by atoms with E-state index < -0.39 is 57.7 Å². The molecule has 0 aromatic rings. The molecule has 14 heteroatoms. The summed E-state index contributed by atoms with van der Waals surface area (Å²) in [5, 5.41) is -2.87. The third-order valence-electron chi connectivity index (χ3n) is 4.09. The maximum atomic E-state index is 13.7. The van der Waals surface area contributed by atoms with Crippen molar-refractivity contribution in [3.8, 4) is 0 Å². The highest BCUT2D eigenvalue weighted by Crippen LogP contribution is 2.56. The summed E-state index contributed by atoms with van der Waals surface area (Å²) in [6.45, 7) is 1.48. The van der Waals surface area contributed by atoms with Gasteiger partial charge in [0, 0.05) is 0 Å². The summed E-state index contributed by atoms with van der Waals surface area (Å²) >= 11 is 0. The molecule has 29 heavy (non-hydrogen) atoms. The molecule has 1 fully saturated rings. The molecule has 1 heterocycles. The van der Waals surface area contributed by atoms with E-state index in [0.717, 1.165) is 0 Å². The lowest BCUT2D eigenvalue weighted by molar-refractivity contribution is -0.317. The normalized spacial score (nSPS) is 21.9. The molecule has 170 valence electrons. The molecule has 0 radical (unpaired) electrons. The molecule has 0 amide bonds. The Balaban J connectivity index is 3.69. The zero-order valence-corrected chi connectivity index (χ0v) is 15.8. The van der Waals surface area contributed by atoms with Gasteiger partial charge in [0.2, 0.25) is 15.1 Å². The second kappa shape index (κ2) is 9.64. The van der Waals surface area contributed by atoms with Crippen LogP contribution >= 0.6 is 0 Å². The smallest absolute Gasteiger partial charge is 0.414 e. The van der Waals surface area contributed by atoms with Crippen molar-refractivity contribution in [2.75, 3.05) is 13.2 Å². The molecule has 1 aliphatic heterocycles. The number of halogens is 6. The molecule has 1 aliphatic rings. The van der Waals surface area contributed by atoms with Crippen LogP contribution in [0.25, 0.3) is 0 Å². The van der Waals surface area contributed by atoms with E-state index in [-0.39, 0.29) is 12.8 Å². The van der Waals surface area contributed by atoms with Crippen LogP contribution in [0.15, 0.2) is 12.2 Å². The second-order valence-electron chi connectivity index (χ2n) is 6.17. The summed E-state index contributed by atoms with van der Waals surface area (Å²) in [7, 11) is -6.06. The average Bonchev–Trinajstić information content (AvgIpc) is 2.54. The van der Waals surface area contributed by atoms with Gasteiger partial charge in [-0.3, -0.25) is 9.11 Å². The van der Waals surface area contributed by atoms with Crippen LogP contribution in [-0.4, -0.2) is 49.9 Å². The van der Waals surface area contributed by atoms with Gasteiger partial charge in [-0.05, 0) is 12.8 Å². The van der Waals surface area contributed by atoms with E-state index in [1.54, 1.807) is 0 Å². The Hall–Kier alpha value is -1.35. The minimum Gasteiger partial charge on any atom is -0.462 e. The van der Waals surface area contributed by atoms with E-state index in [2.05, 4.69) is 21.1 Å². The minimum atomic E-state index is -6.48. The first-order chi connectivity index (χ1) is 13.2. The number of rotatable bonds is 0. The minimum absolute atomic E-state index is 0.146. The second-order valence-corrected chi connectivity index (χ2v) is 7.53. The van der Waals surface area contributed by atoms with E-state index in [0.29, 0.717) is 25.7 Å². The van der Waals surface area contributed by atoms with E-state index in [9.17, 15) is 44.5 Å². The summed E-state index contributed by atoms with van der Waals surface area (Å²) in [6, 6.07) is 0. The van der Waals surface area contributed by atoms with Crippen molar-refractivity contribution < 1.29 is 59.0 Å². The molecule has 2 N–H and O–H groups in total. The lowest BCUT2D eigenvalue weighted by Gasteiger charge is -2.37. The van der Waals surface area contributed by atoms with Crippen molar-refractivity contribution in [3.63, 3.8) is 0 Å². The number of hydrogen-bond donors (Lipinski definition) is 2. The number of ether oxygens (including phenoxy) is 1. The Morgan fingerprint density at radius 3 is 1.79 bits per heavy atom. The summed E-state index contributed by atoms with van der Waals surface area (Å²) in [4.78, 5) is 20.1. The molecule has 0 spiro atoms. The highest BCUT2D eigenvalue weighted by Gasteiger charge is 2.78. The van der Waals surface area contributed by atoms with E-state index >= 15 is 0 Å². The Bertz CT molecular complexity index is 700. The van der Waals surface area contributed by atoms with Crippen molar-refractivity contribution in [2.45, 2.75) is 50.9 Å². The van der Waals surface area contributed by atoms with E-state index in [4.69, 9.17) is 0 Å². The highest BCUT2D eigenvalue weighted by atomic mass is 32.2. The molecular weight excluding hydrogens is 438 g/mol. The molecule has 0 bridgehead atoms. The predicted octanol–water partition coefficient (Wildman–Crippen LogP) is 3.86. The molecule has 0 unspecified atom stereocenters. The Labute approximate surface area is 162 Å². The quantitative estimate of drug-likeness (QED) is 0.187. The fraction of sp³-hybridized carbons (Fsp3) is 0.733. The van der Waals surface area contributed by atoms with Crippen molar-refractivity contribution in [3.05, 3.63) is 12.2 Å². The molecule has 0 atom stereocenters. The Kier molecular flexibility index (Phi) is 8.54. The van der Waals surface area contributed by atoms with Crippen LogP contribution in [0.5, 0.6) is 0 Å². The van der Waals surface area contributed by atoms with E-state index in [1.165, 1.54) is 0 Å². The first-order valence-corrected chi connectivity index (χ1v) is 9.80. The third kappa shape index (κ3) is 5.84. The van der Waals surface area contributed by atoms with Crippen molar-refractivity contribution >= 4 is 21.1 Å². The Morgan fingerprint density at radius 2 is 1.34 bits per heavy atom. The number of alkyl halides is 6. The van der Waals surface area contributed by atoms with Crippen molar-refractivity contribution in [2.24, 2.45) is 5.41 Å². The van der Waals surface area contributed by atoms with Gasteiger partial charge in [0.15, 0.2) is 0 Å². The van der Waals surface area contributed by atoms with E-state index in [1.807, 2.05) is 0 Å². The van der Waals surface area contributed by atoms with Gasteiger partial charge >= 0.3 is 18.3 Å². The molecule has 0 aromatic heterocycles. The SMILES string of the molecule is C=C1C(=O)OCCCCCCCCOOC(=S(=O)(O)O)C1(C(F)(F)F)C(F)(F)F. The van der Waals surface area contributed by atoms with Gasteiger partial charge < -0.3 is 4.74 Å². The fourth-order valence-corrected chi connectivity index (χ4v) is 3.52. The highest BCUT2D eigenvalue weighted by molar-refractivity contribution is 7.91. The molecule has 7 nitrogen and oxygen atoms in total. The maximum absolute atomic E-state index is 13.7. The molecule has 0 aliphatic carbocycles. The summed E-state index contributed by atoms with van der Waals surface area (Å²) in [5.74, 6) is -2.13. The number of carbonyl (C=O) groups excluding carboxylic acids is 1. The van der Waals surface area contributed by atoms with Gasteiger partial charge in [0.25, 0.3) is 5.41 Å². The summed E-state index contributed by atoms with van der Waals surface area (Å²) in [5.41, 5.74) is -7.86. The lowest BCUT2D eigenvalue weighted by atomic mass is 9.79. The fourth-order valence-electron chi connectivity index (χ4n) is 2.63. The van der Waals surface area contributed by atoms with Crippen LogP contribution in [-0.2, 0) is 29.4 Å². The van der Waals surface area contributed by atoms with Crippen molar-refractivity contribution in [1.29, 1.82) is 0 Å². The van der Waals surface area contributed by atoms with Crippen LogP contribution in [0.4, 0.5) is 26.3 Å². The van der Waals surface area contributed by atoms with Crippen LogP contribution in [0.2, 0.25) is 0 Å². The molecular formula is C15H20F6O7S. The van der Waals surface area contributed by atoms with Crippen LogP contribution < -0.4 is 0 Å². The summed E-state index contributed by atoms with van der Waals surface area (Å²) in [6.07, 6.45) is -10.4. The third-order valence-corrected chi connectivity index (χ3v) is 4.94. The molecule has 0 saturated carbocycles.